The van der Waals surface area contributed by atoms with Crippen LogP contribution in [0, 0.1) is 11.3 Å². The van der Waals surface area contributed by atoms with Gasteiger partial charge in [0, 0.05) is 5.41 Å². The molecule has 2 aliphatic rings. The van der Waals surface area contributed by atoms with Crippen LogP contribution in [0.5, 0.6) is 0 Å². The fraction of sp³-hybridized carbons (Fsp3) is 0.600. The van der Waals surface area contributed by atoms with Gasteiger partial charge in [-0.2, -0.15) is 0 Å². The Kier molecular flexibility index (Phi) is 2.62. The lowest BCUT2D eigenvalue weighted by Gasteiger charge is -2.43. The van der Waals surface area contributed by atoms with Crippen molar-refractivity contribution in [2.24, 2.45) is 11.3 Å². The van der Waals surface area contributed by atoms with Crippen molar-refractivity contribution in [3.05, 3.63) is 35.5 Å². The first kappa shape index (κ1) is 10.7. The Labute approximate surface area is 93.8 Å². The molecule has 15 heavy (non-hydrogen) atoms. The quantitative estimate of drug-likeness (QED) is 0.581. The highest BCUT2D eigenvalue weighted by Gasteiger charge is 2.37. The van der Waals surface area contributed by atoms with Crippen molar-refractivity contribution < 1.29 is 0 Å². The van der Waals surface area contributed by atoms with Gasteiger partial charge < -0.3 is 0 Å². The molecule has 0 aromatic rings. The van der Waals surface area contributed by atoms with E-state index in [2.05, 4.69) is 39.5 Å². The Morgan fingerprint density at radius 3 is 2.93 bits per heavy atom. The van der Waals surface area contributed by atoms with E-state index in [1.807, 2.05) is 0 Å². The van der Waals surface area contributed by atoms with Gasteiger partial charge in [-0.3, -0.25) is 0 Å². The molecule has 0 N–H and O–H groups in total. The lowest BCUT2D eigenvalue weighted by atomic mass is 9.62. The minimum absolute atomic E-state index is 0.324. The summed E-state index contributed by atoms with van der Waals surface area (Å²) in [5.41, 5.74) is 4.64. The van der Waals surface area contributed by atoms with Crippen LogP contribution in [0.25, 0.3) is 0 Å². The molecular weight excluding hydrogens is 180 g/mol. The number of fused-ring (bicyclic) bond motifs is 1. The van der Waals surface area contributed by atoms with Gasteiger partial charge in [-0.25, -0.2) is 0 Å². The van der Waals surface area contributed by atoms with Gasteiger partial charge in [0.2, 0.25) is 0 Å². The highest BCUT2D eigenvalue weighted by Crippen LogP contribution is 2.49. The third-order valence-corrected chi connectivity index (χ3v) is 4.41. The molecule has 0 amide bonds. The maximum Gasteiger partial charge on any atom is 0.00973 e. The average Bonchev–Trinajstić information content (AvgIpc) is 2.21. The largest absolute Gasteiger partial charge is 0.0915 e. The molecule has 1 saturated carbocycles. The average molecular weight is 202 g/mol. The Hall–Kier alpha value is -0.780. The fourth-order valence-electron chi connectivity index (χ4n) is 3.03. The monoisotopic (exact) mass is 202 g/mol. The molecule has 0 aromatic carbocycles. The predicted octanol–water partition coefficient (Wildman–Crippen LogP) is 4.65. The van der Waals surface area contributed by atoms with Crippen LogP contribution in [0.4, 0.5) is 0 Å². The molecule has 82 valence electrons. The Bertz CT molecular complexity index is 343. The first-order valence-corrected chi connectivity index (χ1v) is 6.20. The molecule has 0 nitrogen and oxygen atoms in total. The van der Waals surface area contributed by atoms with Gasteiger partial charge >= 0.3 is 0 Å². The fourth-order valence-corrected chi connectivity index (χ4v) is 3.03. The van der Waals surface area contributed by atoms with Crippen LogP contribution in [0.15, 0.2) is 35.5 Å². The van der Waals surface area contributed by atoms with Gasteiger partial charge in [0.1, 0.15) is 0 Å². The van der Waals surface area contributed by atoms with Crippen LogP contribution >= 0.6 is 0 Å². The van der Waals surface area contributed by atoms with Crippen molar-refractivity contribution in [2.45, 2.75) is 46.5 Å². The van der Waals surface area contributed by atoms with Crippen LogP contribution in [-0.4, -0.2) is 0 Å². The van der Waals surface area contributed by atoms with E-state index in [1.54, 1.807) is 5.57 Å². The van der Waals surface area contributed by atoms with Gasteiger partial charge in [0.05, 0.1) is 0 Å². The highest BCUT2D eigenvalue weighted by atomic mass is 14.4. The van der Waals surface area contributed by atoms with Crippen molar-refractivity contribution in [3.63, 3.8) is 0 Å². The zero-order valence-corrected chi connectivity index (χ0v) is 10.3. The summed E-state index contributed by atoms with van der Waals surface area (Å²) in [6.45, 7) is 11.2. The summed E-state index contributed by atoms with van der Waals surface area (Å²) in [4.78, 5) is 0. The van der Waals surface area contributed by atoms with E-state index in [4.69, 9.17) is 0 Å². The Balaban J connectivity index is 2.42. The summed E-state index contributed by atoms with van der Waals surface area (Å²) in [6, 6.07) is 0. The summed E-state index contributed by atoms with van der Waals surface area (Å²) in [7, 11) is 0. The third-order valence-electron chi connectivity index (χ3n) is 4.41. The van der Waals surface area contributed by atoms with Crippen molar-refractivity contribution in [1.29, 1.82) is 0 Å². The maximum absolute atomic E-state index is 4.17. The summed E-state index contributed by atoms with van der Waals surface area (Å²) in [5, 5.41) is 0. The van der Waals surface area contributed by atoms with E-state index in [-0.39, 0.29) is 0 Å². The zero-order valence-electron chi connectivity index (χ0n) is 10.3. The van der Waals surface area contributed by atoms with E-state index in [9.17, 15) is 0 Å². The second kappa shape index (κ2) is 3.66. The Morgan fingerprint density at radius 1 is 1.53 bits per heavy atom. The van der Waals surface area contributed by atoms with Crippen LogP contribution in [0.1, 0.15) is 46.5 Å². The molecule has 0 aliphatic heterocycles. The first-order valence-electron chi connectivity index (χ1n) is 6.20. The molecular formula is C15H22. The van der Waals surface area contributed by atoms with Gasteiger partial charge in [-0.1, -0.05) is 45.1 Å². The molecule has 0 aromatic heterocycles. The van der Waals surface area contributed by atoms with Gasteiger partial charge in [-0.15, -0.1) is 0 Å². The molecule has 0 spiro atoms. The minimum atomic E-state index is 0.324. The van der Waals surface area contributed by atoms with Crippen molar-refractivity contribution in [2.75, 3.05) is 0 Å². The molecule has 2 rings (SSSR count). The Morgan fingerprint density at radius 2 is 2.27 bits per heavy atom. The van der Waals surface area contributed by atoms with E-state index in [1.165, 1.54) is 30.4 Å². The van der Waals surface area contributed by atoms with Crippen LogP contribution < -0.4 is 0 Å². The normalized spacial score (nSPS) is 35.7. The second-order valence-electron chi connectivity index (χ2n) is 5.29. The van der Waals surface area contributed by atoms with Gasteiger partial charge in [0.15, 0.2) is 0 Å². The number of hydrogen-bond donors (Lipinski definition) is 0. The van der Waals surface area contributed by atoms with Crippen LogP contribution in [-0.2, 0) is 0 Å². The second-order valence-corrected chi connectivity index (χ2v) is 5.29. The van der Waals surface area contributed by atoms with E-state index < -0.39 is 0 Å². The molecule has 0 heterocycles. The standard InChI is InChI=1S/C15H22/c1-5-13-10-15(4)12(3)7-6-8-14(15)9-11(13)2/h9-10,12H,2,5-8H2,1,3-4H3/t12-,15+/m0/s1. The molecule has 0 saturated heterocycles. The molecule has 0 bridgehead atoms. The van der Waals surface area contributed by atoms with Gasteiger partial charge in [0.25, 0.3) is 0 Å². The SMILES string of the molecule is C=C1C=C2CCC[C@H](C)[C@@]2(C)C=C1CC. The summed E-state index contributed by atoms with van der Waals surface area (Å²) < 4.78 is 0. The topological polar surface area (TPSA) is 0 Å². The van der Waals surface area contributed by atoms with Crippen molar-refractivity contribution in [1.82, 2.24) is 0 Å². The van der Waals surface area contributed by atoms with E-state index in [0.29, 0.717) is 5.41 Å². The third kappa shape index (κ3) is 1.60. The summed E-state index contributed by atoms with van der Waals surface area (Å²) >= 11 is 0. The summed E-state index contributed by atoms with van der Waals surface area (Å²) in [5.74, 6) is 0.784. The molecule has 0 unspecified atom stereocenters. The maximum atomic E-state index is 4.17. The van der Waals surface area contributed by atoms with Crippen LogP contribution in [0.3, 0.4) is 0 Å². The van der Waals surface area contributed by atoms with E-state index >= 15 is 0 Å². The van der Waals surface area contributed by atoms with Gasteiger partial charge in [-0.05, 0) is 42.7 Å². The van der Waals surface area contributed by atoms with Crippen molar-refractivity contribution in [3.8, 4) is 0 Å². The predicted molar refractivity (Wildman–Crippen MR) is 66.7 cm³/mol. The smallest absolute Gasteiger partial charge is 0.00973 e. The molecule has 2 aliphatic carbocycles. The first-order chi connectivity index (χ1) is 7.08. The minimum Gasteiger partial charge on any atom is -0.0915 e. The molecule has 0 heteroatoms. The van der Waals surface area contributed by atoms with Crippen molar-refractivity contribution >= 4 is 0 Å². The lowest BCUT2D eigenvalue weighted by molar-refractivity contribution is 0.259. The lowest BCUT2D eigenvalue weighted by Crippen LogP contribution is -2.31. The molecule has 2 atom stereocenters. The number of hydrogen-bond acceptors (Lipinski definition) is 0. The van der Waals surface area contributed by atoms with Crippen LogP contribution in [0.2, 0.25) is 0 Å². The molecule has 1 fully saturated rings. The highest BCUT2D eigenvalue weighted by molar-refractivity contribution is 5.48. The zero-order chi connectivity index (χ0) is 11.1. The number of rotatable bonds is 1. The van der Waals surface area contributed by atoms with E-state index in [0.717, 1.165) is 12.3 Å². The number of allylic oxidation sites excluding steroid dienone is 5. The molecule has 0 radical (unpaired) electrons. The summed E-state index contributed by atoms with van der Waals surface area (Å²) in [6.07, 6.45) is 9.96.